The molecule has 2 aromatic rings. The quantitative estimate of drug-likeness (QED) is 0.405. The van der Waals surface area contributed by atoms with E-state index in [1.807, 2.05) is 0 Å². The van der Waals surface area contributed by atoms with Gasteiger partial charge >= 0.3 is 0 Å². The number of hydrogen-bond acceptors (Lipinski definition) is 2. The Kier molecular flexibility index (Phi) is 5.82. The summed E-state index contributed by atoms with van der Waals surface area (Å²) in [5, 5.41) is 0. The molecule has 1 spiro atoms. The Hall–Kier alpha value is -2.19. The van der Waals surface area contributed by atoms with Crippen LogP contribution in [-0.2, 0) is 9.53 Å². The molecule has 2 aromatic carbocycles. The van der Waals surface area contributed by atoms with E-state index >= 15 is 0 Å². The average molecular weight is 509 g/mol. The maximum Gasteiger partial charge on any atom is 0.166 e. The normalized spacial score (nSPS) is 41.8. The Morgan fingerprint density at radius 2 is 1.58 bits per heavy atom. The van der Waals surface area contributed by atoms with E-state index in [1.54, 1.807) is 0 Å². The Balaban J connectivity index is 1.17. The molecule has 2 heteroatoms. The number of carbonyl (C=O) groups is 1. The average Bonchev–Trinajstić information content (AvgIpc) is 3.26. The van der Waals surface area contributed by atoms with E-state index in [0.717, 1.165) is 19.3 Å². The van der Waals surface area contributed by atoms with Crippen LogP contribution in [0.1, 0.15) is 89.7 Å². The first-order chi connectivity index (χ1) is 18.4. The molecule has 9 atom stereocenters. The third-order valence-electron chi connectivity index (χ3n) is 12.5. The van der Waals surface area contributed by atoms with Crippen LogP contribution in [-0.4, -0.2) is 17.5 Å². The van der Waals surface area contributed by atoms with E-state index in [2.05, 4.69) is 87.5 Å². The molecular formula is C36H44O2. The summed E-state index contributed by atoms with van der Waals surface area (Å²) in [6.07, 6.45) is 13.2. The third-order valence-corrected chi connectivity index (χ3v) is 12.5. The lowest BCUT2D eigenvalue weighted by atomic mass is 9.40. The molecule has 4 bridgehead atoms. The van der Waals surface area contributed by atoms with Gasteiger partial charge < -0.3 is 4.74 Å². The van der Waals surface area contributed by atoms with Crippen LogP contribution < -0.4 is 0 Å². The van der Waals surface area contributed by atoms with Crippen molar-refractivity contribution in [1.82, 2.24) is 0 Å². The second-order valence-electron chi connectivity index (χ2n) is 14.0. The molecule has 6 aliphatic rings. The third kappa shape index (κ3) is 3.38. The molecule has 6 fully saturated rings. The number of hydrogen-bond donors (Lipinski definition) is 0. The number of carbonyl (C=O) groups excluding carboxylic acids is 1. The van der Waals surface area contributed by atoms with Crippen molar-refractivity contribution in [2.24, 2.45) is 40.4 Å². The summed E-state index contributed by atoms with van der Waals surface area (Å²) in [5.74, 6) is 3.34. The molecule has 0 amide bonds. The molecule has 8 rings (SSSR count). The number of ether oxygens (including phenoxy) is 1. The first-order valence-electron chi connectivity index (χ1n) is 15.4. The zero-order valence-electron chi connectivity index (χ0n) is 23.5. The zero-order valence-corrected chi connectivity index (χ0v) is 23.5. The van der Waals surface area contributed by atoms with E-state index < -0.39 is 5.60 Å². The van der Waals surface area contributed by atoms with Gasteiger partial charge in [-0.3, -0.25) is 4.79 Å². The topological polar surface area (TPSA) is 26.3 Å². The van der Waals surface area contributed by atoms with Crippen molar-refractivity contribution in [2.45, 2.75) is 90.3 Å². The van der Waals surface area contributed by atoms with Crippen molar-refractivity contribution in [1.29, 1.82) is 0 Å². The molecule has 2 heterocycles. The summed E-state index contributed by atoms with van der Waals surface area (Å²) < 4.78 is 6.93. The van der Waals surface area contributed by atoms with Crippen molar-refractivity contribution in [3.63, 3.8) is 0 Å². The maximum atomic E-state index is 14.4. The van der Waals surface area contributed by atoms with Crippen LogP contribution in [0.4, 0.5) is 0 Å². The molecule has 0 N–H and O–H groups in total. The predicted molar refractivity (Wildman–Crippen MR) is 153 cm³/mol. The summed E-state index contributed by atoms with van der Waals surface area (Å²) in [7, 11) is 0. The highest BCUT2D eigenvalue weighted by Crippen LogP contribution is 2.72. The summed E-state index contributed by atoms with van der Waals surface area (Å²) in [5.41, 5.74) is 3.58. The molecule has 4 aliphatic carbocycles. The lowest BCUT2D eigenvalue weighted by Gasteiger charge is -2.70. The van der Waals surface area contributed by atoms with E-state index in [9.17, 15) is 4.79 Å². The zero-order chi connectivity index (χ0) is 26.1. The van der Waals surface area contributed by atoms with Gasteiger partial charge in [0.2, 0.25) is 0 Å². The largest absolute Gasteiger partial charge is 0.363 e. The van der Waals surface area contributed by atoms with E-state index in [-0.39, 0.29) is 10.8 Å². The second-order valence-corrected chi connectivity index (χ2v) is 14.0. The number of ketones is 1. The SMILES string of the molecule is C[C@H](CC=C(c1ccccc1)c1ccccc1)[C@H]1CC[C@H]2[C@@H]3CC[C@H]4C[C@@H]5CC[C@]4(C)[C@@]3(O5)C(=O)C[C@]12C. The van der Waals surface area contributed by atoms with Gasteiger partial charge in [0.25, 0.3) is 0 Å². The van der Waals surface area contributed by atoms with Gasteiger partial charge in [-0.25, -0.2) is 0 Å². The van der Waals surface area contributed by atoms with Crippen molar-refractivity contribution in [3.8, 4) is 0 Å². The monoisotopic (exact) mass is 508 g/mol. The van der Waals surface area contributed by atoms with Crippen LogP contribution in [0, 0.1) is 40.4 Å². The Labute approximate surface area is 229 Å². The number of fused-ring (bicyclic) bond motifs is 3. The van der Waals surface area contributed by atoms with Gasteiger partial charge in [0.1, 0.15) is 5.60 Å². The summed E-state index contributed by atoms with van der Waals surface area (Å²) in [6, 6.07) is 21.6. The lowest BCUT2D eigenvalue weighted by Crippen LogP contribution is -2.75. The van der Waals surface area contributed by atoms with Crippen molar-refractivity contribution in [3.05, 3.63) is 77.9 Å². The fraction of sp³-hybridized carbons (Fsp3) is 0.583. The molecule has 200 valence electrons. The highest BCUT2D eigenvalue weighted by Gasteiger charge is 2.74. The fourth-order valence-corrected chi connectivity index (χ4v) is 10.7. The van der Waals surface area contributed by atoms with Crippen LogP contribution in [0.25, 0.3) is 5.57 Å². The highest BCUT2D eigenvalue weighted by molar-refractivity contribution is 5.91. The number of Topliss-reactive ketones (excluding diaryl/α,β-unsaturated/α-hetero) is 1. The molecular weight excluding hydrogens is 464 g/mol. The number of allylic oxidation sites excluding steroid dienone is 1. The van der Waals surface area contributed by atoms with Gasteiger partial charge in [0, 0.05) is 11.8 Å². The Morgan fingerprint density at radius 3 is 2.26 bits per heavy atom. The van der Waals surface area contributed by atoms with Crippen molar-refractivity contribution < 1.29 is 9.53 Å². The van der Waals surface area contributed by atoms with Gasteiger partial charge in [-0.15, -0.1) is 0 Å². The molecule has 38 heavy (non-hydrogen) atoms. The number of rotatable bonds is 5. The summed E-state index contributed by atoms with van der Waals surface area (Å²) in [6.45, 7) is 7.38. The minimum Gasteiger partial charge on any atom is -0.363 e. The molecule has 0 radical (unpaired) electrons. The van der Waals surface area contributed by atoms with E-state index in [0.29, 0.717) is 41.5 Å². The minimum absolute atomic E-state index is 0.0653. The van der Waals surface area contributed by atoms with Crippen molar-refractivity contribution >= 4 is 11.4 Å². The van der Waals surface area contributed by atoms with Gasteiger partial charge in [-0.1, -0.05) is 87.5 Å². The van der Waals surface area contributed by atoms with Crippen LogP contribution in [0.3, 0.4) is 0 Å². The summed E-state index contributed by atoms with van der Waals surface area (Å²) in [4.78, 5) is 14.4. The highest BCUT2D eigenvalue weighted by atomic mass is 16.5. The van der Waals surface area contributed by atoms with Crippen LogP contribution in [0.15, 0.2) is 66.7 Å². The first-order valence-corrected chi connectivity index (χ1v) is 15.4. The Bertz CT molecular complexity index is 1190. The summed E-state index contributed by atoms with van der Waals surface area (Å²) >= 11 is 0. The van der Waals surface area contributed by atoms with E-state index in [4.69, 9.17) is 4.74 Å². The smallest absolute Gasteiger partial charge is 0.166 e. The lowest BCUT2D eigenvalue weighted by molar-refractivity contribution is -0.307. The van der Waals surface area contributed by atoms with Gasteiger partial charge in [0.15, 0.2) is 5.78 Å². The van der Waals surface area contributed by atoms with Crippen LogP contribution in [0.5, 0.6) is 0 Å². The molecule has 2 aliphatic heterocycles. The fourth-order valence-electron chi connectivity index (χ4n) is 10.7. The van der Waals surface area contributed by atoms with Gasteiger partial charge in [-0.05, 0) is 103 Å². The minimum atomic E-state index is -0.479. The molecule has 2 nitrogen and oxygen atoms in total. The predicted octanol–water partition coefficient (Wildman–Crippen LogP) is 8.50. The second kappa shape index (κ2) is 8.91. The van der Waals surface area contributed by atoms with Crippen LogP contribution >= 0.6 is 0 Å². The Morgan fingerprint density at radius 1 is 0.921 bits per heavy atom. The first kappa shape index (κ1) is 24.8. The van der Waals surface area contributed by atoms with Crippen molar-refractivity contribution in [2.75, 3.05) is 0 Å². The van der Waals surface area contributed by atoms with Crippen LogP contribution in [0.2, 0.25) is 0 Å². The number of benzene rings is 2. The molecule has 4 saturated carbocycles. The van der Waals surface area contributed by atoms with Gasteiger partial charge in [0.05, 0.1) is 6.10 Å². The van der Waals surface area contributed by atoms with Gasteiger partial charge in [-0.2, -0.15) is 0 Å². The standard InChI is InChI=1S/C36H44O2/c1-24(14-16-29(25-10-6-4-7-11-25)26-12-8-5-9-13-26)30-18-19-31-32-17-15-27-22-28-20-21-35(27,3)36(32,38-28)33(37)23-34(30,31)2/h4-13,16,24,27-28,30-32H,14-15,17-23H2,1-3H3/t24-,27+,28+,30-,31+,32+,34-,35+,36+/m1/s1. The molecule has 0 unspecified atom stereocenters. The van der Waals surface area contributed by atoms with E-state index in [1.165, 1.54) is 55.2 Å². The molecule has 2 saturated heterocycles. The maximum absolute atomic E-state index is 14.4. The molecule has 0 aromatic heterocycles.